The minimum Gasteiger partial charge on any atom is -0.495 e. The van der Waals surface area contributed by atoms with E-state index in [4.69, 9.17) is 42.1 Å². The van der Waals surface area contributed by atoms with Crippen LogP contribution in [-0.2, 0) is 16.0 Å². The van der Waals surface area contributed by atoms with E-state index in [0.29, 0.717) is 53.8 Å². The molecule has 1 aliphatic rings. The lowest BCUT2D eigenvalue weighted by Crippen LogP contribution is -2.48. The van der Waals surface area contributed by atoms with E-state index in [9.17, 15) is 4.79 Å². The monoisotopic (exact) mass is 523 g/mol. The molecule has 3 aromatic rings. The van der Waals surface area contributed by atoms with E-state index in [2.05, 4.69) is 20.6 Å². The lowest BCUT2D eigenvalue weighted by molar-refractivity contribution is 0.0149. The summed E-state index contributed by atoms with van der Waals surface area (Å²) in [6.07, 6.45) is 1.78. The van der Waals surface area contributed by atoms with Gasteiger partial charge in [-0.1, -0.05) is 23.2 Å². The van der Waals surface area contributed by atoms with E-state index in [1.807, 2.05) is 0 Å². The van der Waals surface area contributed by atoms with Crippen LogP contribution >= 0.6 is 23.2 Å². The van der Waals surface area contributed by atoms with Gasteiger partial charge in [-0.05, 0) is 6.07 Å². The minimum absolute atomic E-state index is 0.132. The van der Waals surface area contributed by atoms with Crippen molar-refractivity contribution >= 4 is 40.2 Å². The number of benzene rings is 1. The van der Waals surface area contributed by atoms with Crippen molar-refractivity contribution in [3.8, 4) is 22.6 Å². The van der Waals surface area contributed by atoms with Gasteiger partial charge in [-0.25, -0.2) is 4.98 Å². The molecule has 4 rings (SSSR count). The second-order valence-corrected chi connectivity index (χ2v) is 8.60. The number of nitrogens with one attached hydrogen (secondary N) is 2. The zero-order valence-corrected chi connectivity index (χ0v) is 21.2. The Kier molecular flexibility index (Phi) is 8.30. The van der Waals surface area contributed by atoms with Gasteiger partial charge in [-0.2, -0.15) is 4.98 Å². The van der Waals surface area contributed by atoms with Crippen LogP contribution in [0.5, 0.6) is 11.5 Å². The summed E-state index contributed by atoms with van der Waals surface area (Å²) in [5.41, 5.74) is 0.731. The summed E-state index contributed by atoms with van der Waals surface area (Å²) in [6.45, 7) is 3.22. The molecule has 10 nitrogen and oxygen atoms in total. The smallest absolute Gasteiger partial charge is 0.260 e. The van der Waals surface area contributed by atoms with Gasteiger partial charge in [0.1, 0.15) is 17.1 Å². The highest BCUT2D eigenvalue weighted by molar-refractivity contribution is 6.41. The Hall–Kier alpha value is -2.63. The summed E-state index contributed by atoms with van der Waals surface area (Å²) in [7, 11) is 4.58. The second kappa shape index (κ2) is 11.4. The van der Waals surface area contributed by atoms with Crippen molar-refractivity contribution in [2.24, 2.45) is 0 Å². The highest BCUT2D eigenvalue weighted by Gasteiger charge is 2.24. The highest BCUT2D eigenvalue weighted by atomic mass is 35.5. The molecule has 0 bridgehead atoms. The molecule has 3 heterocycles. The van der Waals surface area contributed by atoms with Crippen molar-refractivity contribution in [3.05, 3.63) is 38.7 Å². The summed E-state index contributed by atoms with van der Waals surface area (Å²) < 4.78 is 23.3. The van der Waals surface area contributed by atoms with Crippen molar-refractivity contribution < 1.29 is 18.9 Å². The van der Waals surface area contributed by atoms with Crippen molar-refractivity contribution in [2.75, 3.05) is 59.5 Å². The van der Waals surface area contributed by atoms with Gasteiger partial charge in [0.25, 0.3) is 5.56 Å². The number of anilines is 1. The van der Waals surface area contributed by atoms with Crippen molar-refractivity contribution in [2.45, 2.75) is 12.6 Å². The Morgan fingerprint density at radius 1 is 1.11 bits per heavy atom. The van der Waals surface area contributed by atoms with Crippen molar-refractivity contribution in [3.63, 3.8) is 0 Å². The molecule has 0 unspecified atom stereocenters. The molecule has 1 saturated heterocycles. The van der Waals surface area contributed by atoms with Gasteiger partial charge in [0.2, 0.25) is 5.95 Å². The van der Waals surface area contributed by atoms with Crippen molar-refractivity contribution in [1.29, 1.82) is 0 Å². The molecular formula is C23H27Cl2N5O5. The summed E-state index contributed by atoms with van der Waals surface area (Å²) in [5, 5.41) is 7.30. The number of halogens is 2. The Bertz CT molecular complexity index is 1240. The number of hydrogen-bond acceptors (Lipinski definition) is 9. The van der Waals surface area contributed by atoms with Crippen LogP contribution < -0.4 is 25.7 Å². The van der Waals surface area contributed by atoms with Gasteiger partial charge in [0.05, 0.1) is 55.7 Å². The van der Waals surface area contributed by atoms with Crippen molar-refractivity contribution in [1.82, 2.24) is 19.9 Å². The standard InChI is InChI=1S/C23H27Cl2N5O5/c1-32-6-4-27-23-28-10-13-8-15(18-19(24)16(33-2)9-17(34-3)20(18)25)22(31)30(21(13)29-23)5-7-35-14-11-26-12-14/h8-10,14,26H,4-7,11-12H2,1-3H3,(H,27,28,29). The van der Waals surface area contributed by atoms with E-state index < -0.39 is 0 Å². The third-order valence-electron chi connectivity index (χ3n) is 5.67. The van der Waals surface area contributed by atoms with Gasteiger partial charge in [0, 0.05) is 50.0 Å². The number of nitrogens with zero attached hydrogens (tertiary/aromatic N) is 3. The average Bonchev–Trinajstić information content (AvgIpc) is 2.83. The fourth-order valence-electron chi connectivity index (χ4n) is 3.71. The van der Waals surface area contributed by atoms with E-state index in [-0.39, 0.29) is 33.8 Å². The van der Waals surface area contributed by atoms with E-state index >= 15 is 0 Å². The van der Waals surface area contributed by atoms with Gasteiger partial charge >= 0.3 is 0 Å². The largest absolute Gasteiger partial charge is 0.495 e. The van der Waals surface area contributed by atoms with Crippen LogP contribution in [0.25, 0.3) is 22.2 Å². The molecule has 0 saturated carbocycles. The minimum atomic E-state index is -0.325. The molecule has 1 aliphatic heterocycles. The van der Waals surface area contributed by atoms with E-state index in [1.54, 1.807) is 30.0 Å². The summed E-state index contributed by atoms with van der Waals surface area (Å²) in [5.74, 6) is 1.06. The Morgan fingerprint density at radius 2 is 1.83 bits per heavy atom. The number of aromatic nitrogens is 3. The normalized spacial score (nSPS) is 13.6. The first-order valence-electron chi connectivity index (χ1n) is 11.0. The fourth-order valence-corrected chi connectivity index (χ4v) is 4.41. The third-order valence-corrected chi connectivity index (χ3v) is 6.42. The molecule has 0 radical (unpaired) electrons. The molecule has 1 fully saturated rings. The first kappa shape index (κ1) is 25.5. The third kappa shape index (κ3) is 5.31. The molecule has 1 aromatic carbocycles. The van der Waals surface area contributed by atoms with Gasteiger partial charge in [-0.15, -0.1) is 0 Å². The molecule has 12 heteroatoms. The van der Waals surface area contributed by atoms with E-state index in [0.717, 1.165) is 13.1 Å². The van der Waals surface area contributed by atoms with Crippen LogP contribution in [0.2, 0.25) is 10.0 Å². The molecule has 188 valence electrons. The molecule has 0 atom stereocenters. The second-order valence-electron chi connectivity index (χ2n) is 7.84. The topological polar surface area (TPSA) is 109 Å². The molecule has 2 aromatic heterocycles. The number of pyridine rings is 1. The maximum atomic E-state index is 13.8. The maximum Gasteiger partial charge on any atom is 0.260 e. The zero-order valence-electron chi connectivity index (χ0n) is 19.7. The molecule has 0 amide bonds. The number of fused-ring (bicyclic) bond motifs is 1. The molecule has 35 heavy (non-hydrogen) atoms. The molecule has 0 aliphatic carbocycles. The predicted molar refractivity (Wildman–Crippen MR) is 135 cm³/mol. The SMILES string of the molecule is COCCNc1ncc2cc(-c3c(Cl)c(OC)cc(OC)c3Cl)c(=O)n(CCOC3CNC3)c2n1. The average molecular weight is 524 g/mol. The summed E-state index contributed by atoms with van der Waals surface area (Å²) in [6, 6.07) is 3.26. The Labute approximate surface area is 212 Å². The zero-order chi connectivity index (χ0) is 24.9. The fraction of sp³-hybridized carbons (Fsp3) is 0.435. The van der Waals surface area contributed by atoms with Crippen LogP contribution in [0.4, 0.5) is 5.95 Å². The van der Waals surface area contributed by atoms with Gasteiger partial charge < -0.3 is 29.6 Å². The highest BCUT2D eigenvalue weighted by Crippen LogP contribution is 2.45. The van der Waals surface area contributed by atoms with Crippen LogP contribution in [0, 0.1) is 0 Å². The molecule has 0 spiro atoms. The van der Waals surface area contributed by atoms with Gasteiger partial charge in [-0.3, -0.25) is 9.36 Å². The predicted octanol–water partition coefficient (Wildman–Crippen LogP) is 2.83. The summed E-state index contributed by atoms with van der Waals surface area (Å²) in [4.78, 5) is 22.8. The number of ether oxygens (including phenoxy) is 4. The maximum absolute atomic E-state index is 13.8. The van der Waals surface area contributed by atoms with Crippen LogP contribution in [0.1, 0.15) is 0 Å². The number of hydrogen-bond donors (Lipinski definition) is 2. The first-order chi connectivity index (χ1) is 17.0. The lowest BCUT2D eigenvalue weighted by atomic mass is 10.0. The first-order valence-corrected chi connectivity index (χ1v) is 11.8. The van der Waals surface area contributed by atoms with Crippen LogP contribution in [0.3, 0.4) is 0 Å². The van der Waals surface area contributed by atoms with Crippen LogP contribution in [-0.4, -0.2) is 74.8 Å². The molecule has 2 N–H and O–H groups in total. The Balaban J connectivity index is 1.85. The quantitative estimate of drug-likeness (QED) is 0.366. The van der Waals surface area contributed by atoms with Gasteiger partial charge in [0.15, 0.2) is 0 Å². The van der Waals surface area contributed by atoms with Crippen LogP contribution in [0.15, 0.2) is 23.1 Å². The summed E-state index contributed by atoms with van der Waals surface area (Å²) >= 11 is 13.2. The van der Waals surface area contributed by atoms with E-state index in [1.165, 1.54) is 14.2 Å². The lowest BCUT2D eigenvalue weighted by Gasteiger charge is -2.27. The Morgan fingerprint density at radius 3 is 2.43 bits per heavy atom. The number of rotatable bonds is 11. The molecular weight excluding hydrogens is 497 g/mol. The number of methoxy groups -OCH3 is 3.